The summed E-state index contributed by atoms with van der Waals surface area (Å²) in [5.41, 5.74) is 7.23. The molecule has 0 radical (unpaired) electrons. The minimum absolute atomic E-state index is 0.282. The minimum Gasteiger partial charge on any atom is -0.383 e. The number of halogens is 1. The molecular weight excluding hydrogens is 246 g/mol. The molecule has 3 nitrogen and oxygen atoms in total. The van der Waals surface area contributed by atoms with Crippen LogP contribution >= 0.6 is 11.6 Å². The number of aryl methyl sites for hydroxylation is 1. The zero-order valence-corrected chi connectivity index (χ0v) is 12.6. The second-order valence-electron chi connectivity index (χ2n) is 6.55. The molecule has 0 spiro atoms. The third-order valence-electron chi connectivity index (χ3n) is 4.20. The zero-order valence-electron chi connectivity index (χ0n) is 11.8. The van der Waals surface area contributed by atoms with Crippen LogP contribution in [0.4, 0.5) is 5.82 Å². The van der Waals surface area contributed by atoms with Crippen LogP contribution in [-0.4, -0.2) is 9.78 Å². The third kappa shape index (κ3) is 2.37. The molecule has 4 heteroatoms. The largest absolute Gasteiger partial charge is 0.383 e. The van der Waals surface area contributed by atoms with Gasteiger partial charge in [0.1, 0.15) is 10.8 Å². The molecule has 0 amide bonds. The van der Waals surface area contributed by atoms with Crippen molar-refractivity contribution >= 4 is 17.4 Å². The minimum atomic E-state index is 0.282. The number of hydrogen-bond donors (Lipinski definition) is 1. The Bertz CT molecular complexity index is 431. The Labute approximate surface area is 115 Å². The van der Waals surface area contributed by atoms with E-state index >= 15 is 0 Å². The smallest absolute Gasteiger partial charge is 0.141 e. The van der Waals surface area contributed by atoms with E-state index in [1.165, 1.54) is 19.3 Å². The van der Waals surface area contributed by atoms with Gasteiger partial charge in [-0.15, -0.1) is 0 Å². The normalized spacial score (nSPS) is 25.4. The van der Waals surface area contributed by atoms with E-state index < -0.39 is 0 Å². The first-order valence-electron chi connectivity index (χ1n) is 6.82. The fraction of sp³-hybridized carbons (Fsp3) is 0.786. The summed E-state index contributed by atoms with van der Waals surface area (Å²) in [6.45, 7) is 8.85. The molecule has 1 heterocycles. The molecule has 0 aromatic carbocycles. The molecule has 1 saturated carbocycles. The van der Waals surface area contributed by atoms with Gasteiger partial charge in [-0.05, 0) is 31.1 Å². The van der Waals surface area contributed by atoms with E-state index in [4.69, 9.17) is 17.3 Å². The maximum absolute atomic E-state index is 6.17. The Kier molecular flexibility index (Phi) is 3.63. The van der Waals surface area contributed by atoms with E-state index in [-0.39, 0.29) is 5.41 Å². The van der Waals surface area contributed by atoms with Crippen molar-refractivity contribution in [2.45, 2.75) is 59.4 Å². The quantitative estimate of drug-likeness (QED) is 0.830. The highest BCUT2D eigenvalue weighted by atomic mass is 35.5. The molecular formula is C14H24ClN3. The van der Waals surface area contributed by atoms with Crippen LogP contribution in [0.5, 0.6) is 0 Å². The summed E-state index contributed by atoms with van der Waals surface area (Å²) in [6, 6.07) is 0.393. The Morgan fingerprint density at radius 1 is 1.28 bits per heavy atom. The number of nitrogens with two attached hydrogens (primary N) is 1. The molecule has 1 aromatic heterocycles. The van der Waals surface area contributed by atoms with Crippen LogP contribution in [0.3, 0.4) is 0 Å². The van der Waals surface area contributed by atoms with Crippen molar-refractivity contribution in [3.05, 3.63) is 10.7 Å². The van der Waals surface area contributed by atoms with Gasteiger partial charge in [0.2, 0.25) is 0 Å². The van der Waals surface area contributed by atoms with E-state index in [1.807, 2.05) is 11.6 Å². The van der Waals surface area contributed by atoms with Crippen LogP contribution in [0.1, 0.15) is 58.2 Å². The highest BCUT2D eigenvalue weighted by Crippen LogP contribution is 2.45. The van der Waals surface area contributed by atoms with Crippen LogP contribution in [0, 0.1) is 18.3 Å². The molecule has 2 N–H and O–H groups in total. The summed E-state index contributed by atoms with van der Waals surface area (Å²) in [5, 5.41) is 5.18. The second kappa shape index (κ2) is 4.76. The van der Waals surface area contributed by atoms with Gasteiger partial charge in [0.25, 0.3) is 0 Å². The molecule has 2 atom stereocenters. The van der Waals surface area contributed by atoms with Crippen molar-refractivity contribution < 1.29 is 0 Å². The van der Waals surface area contributed by atoms with Crippen LogP contribution in [-0.2, 0) is 0 Å². The summed E-state index contributed by atoms with van der Waals surface area (Å²) in [5.74, 6) is 1.25. The second-order valence-corrected chi connectivity index (χ2v) is 6.93. The van der Waals surface area contributed by atoms with E-state index in [0.29, 0.717) is 22.8 Å². The summed E-state index contributed by atoms with van der Waals surface area (Å²) in [4.78, 5) is 0. The van der Waals surface area contributed by atoms with Crippen LogP contribution in [0.25, 0.3) is 0 Å². The Morgan fingerprint density at radius 2 is 1.89 bits per heavy atom. The predicted molar refractivity (Wildman–Crippen MR) is 76.8 cm³/mol. The zero-order chi connectivity index (χ0) is 13.5. The SMILES string of the molecule is Cc1nn(C2CCCCC2C(C)(C)C)c(N)c1Cl. The van der Waals surface area contributed by atoms with Crippen molar-refractivity contribution in [2.24, 2.45) is 11.3 Å². The molecule has 0 aliphatic heterocycles. The molecule has 102 valence electrons. The lowest BCUT2D eigenvalue weighted by Gasteiger charge is -2.40. The maximum atomic E-state index is 6.17. The lowest BCUT2D eigenvalue weighted by Crippen LogP contribution is -2.34. The molecule has 0 saturated heterocycles. The maximum Gasteiger partial charge on any atom is 0.141 e. The summed E-state index contributed by atoms with van der Waals surface area (Å²) in [7, 11) is 0. The Hall–Kier alpha value is -0.700. The third-order valence-corrected chi connectivity index (χ3v) is 4.67. The van der Waals surface area contributed by atoms with Crippen molar-refractivity contribution in [1.82, 2.24) is 9.78 Å². The first-order chi connectivity index (χ1) is 8.32. The van der Waals surface area contributed by atoms with E-state index in [1.54, 1.807) is 0 Å². The molecule has 1 aliphatic carbocycles. The Balaban J connectivity index is 2.37. The van der Waals surface area contributed by atoms with E-state index in [0.717, 1.165) is 12.1 Å². The first-order valence-corrected chi connectivity index (χ1v) is 7.20. The van der Waals surface area contributed by atoms with Crippen LogP contribution < -0.4 is 5.73 Å². The summed E-state index contributed by atoms with van der Waals surface area (Å²) >= 11 is 6.17. The monoisotopic (exact) mass is 269 g/mol. The van der Waals surface area contributed by atoms with Gasteiger partial charge in [0, 0.05) is 0 Å². The predicted octanol–water partition coefficient (Wildman–Crippen LogP) is 4.20. The lowest BCUT2D eigenvalue weighted by atomic mass is 9.69. The Morgan fingerprint density at radius 3 is 2.39 bits per heavy atom. The van der Waals surface area contributed by atoms with Gasteiger partial charge in [0.05, 0.1) is 11.7 Å². The van der Waals surface area contributed by atoms with Gasteiger partial charge < -0.3 is 5.73 Å². The van der Waals surface area contributed by atoms with Crippen LogP contribution in [0.15, 0.2) is 0 Å². The fourth-order valence-electron chi connectivity index (χ4n) is 3.21. The molecule has 1 aromatic rings. The number of aromatic nitrogens is 2. The van der Waals surface area contributed by atoms with Gasteiger partial charge >= 0.3 is 0 Å². The van der Waals surface area contributed by atoms with Crippen molar-refractivity contribution in [2.75, 3.05) is 5.73 Å². The van der Waals surface area contributed by atoms with E-state index in [2.05, 4.69) is 25.9 Å². The van der Waals surface area contributed by atoms with Gasteiger partial charge in [-0.3, -0.25) is 0 Å². The van der Waals surface area contributed by atoms with Gasteiger partial charge in [-0.25, -0.2) is 4.68 Å². The molecule has 2 rings (SSSR count). The molecule has 1 fully saturated rings. The highest BCUT2D eigenvalue weighted by Gasteiger charge is 2.36. The topological polar surface area (TPSA) is 43.8 Å². The van der Waals surface area contributed by atoms with Crippen molar-refractivity contribution in [1.29, 1.82) is 0 Å². The van der Waals surface area contributed by atoms with Crippen LogP contribution in [0.2, 0.25) is 5.02 Å². The highest BCUT2D eigenvalue weighted by molar-refractivity contribution is 6.33. The van der Waals surface area contributed by atoms with Gasteiger partial charge in [0.15, 0.2) is 0 Å². The lowest BCUT2D eigenvalue weighted by molar-refractivity contribution is 0.106. The number of rotatable bonds is 1. The average molecular weight is 270 g/mol. The number of anilines is 1. The fourth-order valence-corrected chi connectivity index (χ4v) is 3.34. The van der Waals surface area contributed by atoms with E-state index in [9.17, 15) is 0 Å². The molecule has 2 unspecified atom stereocenters. The van der Waals surface area contributed by atoms with Gasteiger partial charge in [-0.2, -0.15) is 5.10 Å². The number of nitrogens with zero attached hydrogens (tertiary/aromatic N) is 2. The summed E-state index contributed by atoms with van der Waals surface area (Å²) in [6.07, 6.45) is 4.98. The number of hydrogen-bond acceptors (Lipinski definition) is 2. The van der Waals surface area contributed by atoms with Crippen molar-refractivity contribution in [3.63, 3.8) is 0 Å². The first kappa shape index (κ1) is 13.7. The van der Waals surface area contributed by atoms with Crippen molar-refractivity contribution in [3.8, 4) is 0 Å². The van der Waals surface area contributed by atoms with Gasteiger partial charge in [-0.1, -0.05) is 45.2 Å². The molecule has 18 heavy (non-hydrogen) atoms. The number of nitrogen functional groups attached to an aromatic ring is 1. The molecule has 0 bridgehead atoms. The average Bonchev–Trinajstić information content (AvgIpc) is 2.56. The standard InChI is InChI=1S/C14H24ClN3/c1-9-12(15)13(16)18(17-9)11-8-6-5-7-10(11)14(2,3)4/h10-11H,5-8,16H2,1-4H3. The molecule has 1 aliphatic rings. The summed E-state index contributed by atoms with van der Waals surface area (Å²) < 4.78 is 1.98.